The minimum absolute atomic E-state index is 0.0454. The van der Waals surface area contributed by atoms with E-state index in [1.54, 1.807) is 31.2 Å². The van der Waals surface area contributed by atoms with Gasteiger partial charge in [-0.05, 0) is 37.6 Å². The zero-order valence-electron chi connectivity index (χ0n) is 17.8. The maximum absolute atomic E-state index is 13.0. The lowest BCUT2D eigenvalue weighted by molar-refractivity contribution is -0.127. The topological polar surface area (TPSA) is 122 Å². The van der Waals surface area contributed by atoms with E-state index in [2.05, 4.69) is 5.32 Å². The quantitative estimate of drug-likeness (QED) is 0.559. The Morgan fingerprint density at radius 1 is 1.12 bits per heavy atom. The van der Waals surface area contributed by atoms with Crippen molar-refractivity contribution in [3.8, 4) is 0 Å². The Kier molecular flexibility index (Phi) is 8.76. The van der Waals surface area contributed by atoms with E-state index < -0.39 is 34.0 Å². The number of sulfonamides is 1. The van der Waals surface area contributed by atoms with Gasteiger partial charge in [0.1, 0.15) is 0 Å². The number of urea groups is 1. The summed E-state index contributed by atoms with van der Waals surface area (Å²) in [4.78, 5) is 35.8. The molecule has 0 spiro atoms. The average molecular weight is 482 g/mol. The van der Waals surface area contributed by atoms with Gasteiger partial charge in [0.05, 0.1) is 15.5 Å². The molecule has 2 aromatic rings. The van der Waals surface area contributed by atoms with Crippen LogP contribution in [0, 0.1) is 0 Å². The van der Waals surface area contributed by atoms with Crippen molar-refractivity contribution in [3.05, 3.63) is 64.7 Å². The van der Waals surface area contributed by atoms with Gasteiger partial charge in [-0.1, -0.05) is 41.9 Å². The molecule has 172 valence electrons. The van der Waals surface area contributed by atoms with E-state index in [1.807, 2.05) is 11.4 Å². The highest BCUT2D eigenvalue weighted by Crippen LogP contribution is 2.24. The van der Waals surface area contributed by atoms with Crippen molar-refractivity contribution in [2.45, 2.75) is 31.4 Å². The van der Waals surface area contributed by atoms with Gasteiger partial charge in [-0.25, -0.2) is 18.0 Å². The zero-order chi connectivity index (χ0) is 23.9. The fraction of sp³-hybridized carbons (Fsp3) is 0.286. The standard InChI is InChI=1S/C21H24ClN3O6S/c1-4-23-21(28)24-19(26)14(2)31-20(27)17-12-16(10-11-18(17)22)32(29,30)25(3)13-15-8-6-5-7-9-15/h5-12,14H,4,13H2,1-3H3,(H2,23,24,26,28)/t14-/m0/s1. The third-order valence-electron chi connectivity index (χ3n) is 4.34. The molecule has 0 fully saturated rings. The summed E-state index contributed by atoms with van der Waals surface area (Å²) < 4.78 is 32.1. The van der Waals surface area contributed by atoms with Crippen LogP contribution in [0.5, 0.6) is 0 Å². The van der Waals surface area contributed by atoms with Crippen LogP contribution in [0.25, 0.3) is 0 Å². The minimum atomic E-state index is -3.94. The Morgan fingerprint density at radius 2 is 1.78 bits per heavy atom. The number of imide groups is 1. The third kappa shape index (κ3) is 6.52. The van der Waals surface area contributed by atoms with Gasteiger partial charge in [0, 0.05) is 20.1 Å². The van der Waals surface area contributed by atoms with E-state index in [9.17, 15) is 22.8 Å². The van der Waals surface area contributed by atoms with E-state index >= 15 is 0 Å². The maximum Gasteiger partial charge on any atom is 0.340 e. The van der Waals surface area contributed by atoms with Crippen molar-refractivity contribution in [2.75, 3.05) is 13.6 Å². The number of amides is 3. The lowest BCUT2D eigenvalue weighted by Crippen LogP contribution is -2.44. The molecule has 0 aromatic heterocycles. The highest BCUT2D eigenvalue weighted by molar-refractivity contribution is 7.89. The molecule has 11 heteroatoms. The molecule has 0 aliphatic carbocycles. The van der Waals surface area contributed by atoms with Crippen LogP contribution >= 0.6 is 11.6 Å². The molecule has 32 heavy (non-hydrogen) atoms. The average Bonchev–Trinajstić information content (AvgIpc) is 2.74. The number of carbonyl (C=O) groups is 3. The number of rotatable bonds is 8. The first-order valence-corrected chi connectivity index (χ1v) is 11.5. The molecular formula is C21H24ClN3O6S. The number of hydrogen-bond donors (Lipinski definition) is 2. The number of hydrogen-bond acceptors (Lipinski definition) is 6. The number of ether oxygens (including phenoxy) is 1. The Balaban J connectivity index is 2.17. The van der Waals surface area contributed by atoms with Crippen LogP contribution in [-0.2, 0) is 26.1 Å². The number of benzene rings is 2. The highest BCUT2D eigenvalue weighted by Gasteiger charge is 2.26. The molecular weight excluding hydrogens is 458 g/mol. The van der Waals surface area contributed by atoms with Crippen molar-refractivity contribution in [1.82, 2.24) is 14.9 Å². The van der Waals surface area contributed by atoms with Crippen LogP contribution in [0.1, 0.15) is 29.8 Å². The lowest BCUT2D eigenvalue weighted by atomic mass is 10.2. The molecule has 1 atom stereocenters. The van der Waals surface area contributed by atoms with E-state index in [1.165, 1.54) is 26.1 Å². The predicted molar refractivity (Wildman–Crippen MR) is 119 cm³/mol. The van der Waals surface area contributed by atoms with Gasteiger partial charge < -0.3 is 10.1 Å². The second-order valence-electron chi connectivity index (χ2n) is 6.78. The summed E-state index contributed by atoms with van der Waals surface area (Å²) in [6, 6.07) is 11.9. The molecule has 0 saturated carbocycles. The van der Waals surface area contributed by atoms with Gasteiger partial charge >= 0.3 is 12.0 Å². The Morgan fingerprint density at radius 3 is 2.41 bits per heavy atom. The molecule has 2 rings (SSSR count). The van der Waals surface area contributed by atoms with Crippen LogP contribution in [-0.4, -0.2) is 50.3 Å². The minimum Gasteiger partial charge on any atom is -0.449 e. The number of nitrogens with zero attached hydrogens (tertiary/aromatic N) is 1. The normalized spacial score (nSPS) is 12.2. The van der Waals surface area contributed by atoms with Crippen molar-refractivity contribution < 1.29 is 27.5 Å². The maximum atomic E-state index is 13.0. The number of esters is 1. The predicted octanol–water partition coefficient (Wildman–Crippen LogP) is 2.55. The van der Waals surface area contributed by atoms with Gasteiger partial charge in [0.2, 0.25) is 10.0 Å². The molecule has 0 aliphatic heterocycles. The van der Waals surface area contributed by atoms with Gasteiger partial charge in [-0.3, -0.25) is 10.1 Å². The lowest BCUT2D eigenvalue weighted by Gasteiger charge is -2.18. The summed E-state index contributed by atoms with van der Waals surface area (Å²) in [6.07, 6.45) is -1.32. The van der Waals surface area contributed by atoms with Gasteiger partial charge in [-0.2, -0.15) is 4.31 Å². The molecule has 0 unspecified atom stereocenters. The molecule has 9 nitrogen and oxygen atoms in total. The number of nitrogens with one attached hydrogen (secondary N) is 2. The first-order valence-electron chi connectivity index (χ1n) is 9.65. The number of carbonyl (C=O) groups excluding carboxylic acids is 3. The summed E-state index contributed by atoms with van der Waals surface area (Å²) in [5, 5.41) is 4.35. The van der Waals surface area contributed by atoms with E-state index in [-0.39, 0.29) is 22.0 Å². The van der Waals surface area contributed by atoms with Gasteiger partial charge in [0.25, 0.3) is 5.91 Å². The first kappa shape index (κ1) is 25.3. The molecule has 0 saturated heterocycles. The second kappa shape index (κ2) is 11.1. The Labute approximate surface area is 191 Å². The van der Waals surface area contributed by atoms with Gasteiger partial charge in [-0.15, -0.1) is 0 Å². The van der Waals surface area contributed by atoms with Crippen LogP contribution in [0.4, 0.5) is 4.79 Å². The van der Waals surface area contributed by atoms with Crippen LogP contribution in [0.15, 0.2) is 53.4 Å². The fourth-order valence-corrected chi connectivity index (χ4v) is 4.00. The summed E-state index contributed by atoms with van der Waals surface area (Å²) in [6.45, 7) is 3.38. The SMILES string of the molecule is CCNC(=O)NC(=O)[C@H](C)OC(=O)c1cc(S(=O)(=O)N(C)Cc2ccccc2)ccc1Cl. The van der Waals surface area contributed by atoms with E-state index in [0.717, 1.165) is 15.9 Å². The molecule has 0 heterocycles. The van der Waals surface area contributed by atoms with Crippen molar-refractivity contribution in [1.29, 1.82) is 0 Å². The molecule has 2 aromatic carbocycles. The van der Waals surface area contributed by atoms with Gasteiger partial charge in [0.15, 0.2) is 6.10 Å². The molecule has 2 N–H and O–H groups in total. The van der Waals surface area contributed by atoms with E-state index in [4.69, 9.17) is 16.3 Å². The summed E-state index contributed by atoms with van der Waals surface area (Å²) in [7, 11) is -2.52. The van der Waals surface area contributed by atoms with E-state index in [0.29, 0.717) is 6.54 Å². The smallest absolute Gasteiger partial charge is 0.340 e. The highest BCUT2D eigenvalue weighted by atomic mass is 35.5. The second-order valence-corrected chi connectivity index (χ2v) is 9.24. The number of halogens is 1. The first-order chi connectivity index (χ1) is 15.1. The monoisotopic (exact) mass is 481 g/mol. The zero-order valence-corrected chi connectivity index (χ0v) is 19.4. The molecule has 0 bridgehead atoms. The summed E-state index contributed by atoms with van der Waals surface area (Å²) in [5.41, 5.74) is 0.567. The van der Waals surface area contributed by atoms with Crippen molar-refractivity contribution in [2.24, 2.45) is 0 Å². The molecule has 3 amide bonds. The fourth-order valence-electron chi connectivity index (χ4n) is 2.62. The summed E-state index contributed by atoms with van der Waals surface area (Å²) in [5.74, 6) is -1.84. The van der Waals surface area contributed by atoms with Crippen LogP contribution in [0.3, 0.4) is 0 Å². The molecule has 0 radical (unpaired) electrons. The van der Waals surface area contributed by atoms with Crippen molar-refractivity contribution in [3.63, 3.8) is 0 Å². The van der Waals surface area contributed by atoms with Crippen LogP contribution < -0.4 is 10.6 Å². The molecule has 0 aliphatic rings. The Hall–Kier alpha value is -2.95. The largest absolute Gasteiger partial charge is 0.449 e. The third-order valence-corrected chi connectivity index (χ3v) is 6.47. The Bertz CT molecular complexity index is 1090. The van der Waals surface area contributed by atoms with Crippen LogP contribution in [0.2, 0.25) is 5.02 Å². The van der Waals surface area contributed by atoms with Crippen molar-refractivity contribution >= 4 is 39.5 Å². The summed E-state index contributed by atoms with van der Waals surface area (Å²) >= 11 is 6.07.